The summed E-state index contributed by atoms with van der Waals surface area (Å²) in [4.78, 5) is 24.5. The highest BCUT2D eigenvalue weighted by Gasteiger charge is 2.16. The van der Waals surface area contributed by atoms with Crippen LogP contribution in [0.3, 0.4) is 0 Å². The number of Topliss-reactive ketones (excluding diaryl/α,β-unsaturated/α-hetero) is 2. The first-order valence-electron chi connectivity index (χ1n) is 7.82. The van der Waals surface area contributed by atoms with Gasteiger partial charge in [0.15, 0.2) is 11.6 Å². The number of hydrogen-bond donors (Lipinski definition) is 1. The summed E-state index contributed by atoms with van der Waals surface area (Å²) in [6.07, 6.45) is 2.82. The highest BCUT2D eigenvalue weighted by molar-refractivity contribution is 6.20. The first kappa shape index (κ1) is 16.7. The quantitative estimate of drug-likeness (QED) is 0.452. The van der Waals surface area contributed by atoms with Crippen molar-refractivity contribution in [2.24, 2.45) is 0 Å². The summed E-state index contributed by atoms with van der Waals surface area (Å²) in [6.45, 7) is 1.77. The number of benzene rings is 2. The molecule has 118 valence electrons. The first-order chi connectivity index (χ1) is 11.2. The zero-order valence-electron chi connectivity index (χ0n) is 13.3. The Morgan fingerprint density at radius 1 is 0.913 bits per heavy atom. The highest BCUT2D eigenvalue weighted by Crippen LogP contribution is 2.11. The van der Waals surface area contributed by atoms with Gasteiger partial charge in [-0.1, -0.05) is 55.5 Å². The Balaban J connectivity index is 2.05. The van der Waals surface area contributed by atoms with Gasteiger partial charge in [0.05, 0.1) is 5.57 Å². The van der Waals surface area contributed by atoms with E-state index >= 15 is 0 Å². The van der Waals surface area contributed by atoms with Gasteiger partial charge >= 0.3 is 0 Å². The lowest BCUT2D eigenvalue weighted by molar-refractivity contribution is -0.121. The van der Waals surface area contributed by atoms with E-state index in [0.717, 1.165) is 11.3 Å². The fourth-order valence-electron chi connectivity index (χ4n) is 2.23. The smallest absolute Gasteiger partial charge is 0.168 e. The van der Waals surface area contributed by atoms with Crippen LogP contribution in [0.5, 0.6) is 0 Å². The number of anilines is 1. The molecule has 1 N–H and O–H groups in total. The maximum absolute atomic E-state index is 12.4. The molecule has 2 aromatic carbocycles. The zero-order chi connectivity index (χ0) is 16.5. The minimum atomic E-state index is -0.133. The molecule has 0 aliphatic carbocycles. The molecule has 2 rings (SSSR count). The Morgan fingerprint density at radius 2 is 1.52 bits per heavy atom. The maximum Gasteiger partial charge on any atom is 0.168 e. The van der Waals surface area contributed by atoms with Gasteiger partial charge in [-0.25, -0.2) is 0 Å². The Labute approximate surface area is 137 Å². The van der Waals surface area contributed by atoms with Gasteiger partial charge in [-0.05, 0) is 24.1 Å². The van der Waals surface area contributed by atoms with Gasteiger partial charge in [0.1, 0.15) is 0 Å². The Kier molecular flexibility index (Phi) is 6.30. The van der Waals surface area contributed by atoms with Crippen molar-refractivity contribution in [2.45, 2.75) is 26.2 Å². The molecule has 0 heterocycles. The lowest BCUT2D eigenvalue weighted by Crippen LogP contribution is -2.14. The molecule has 0 aliphatic heterocycles. The van der Waals surface area contributed by atoms with Crippen LogP contribution in [0, 0.1) is 0 Å². The van der Waals surface area contributed by atoms with E-state index in [4.69, 9.17) is 0 Å². The van der Waals surface area contributed by atoms with Crippen LogP contribution >= 0.6 is 0 Å². The predicted molar refractivity (Wildman–Crippen MR) is 93.2 cm³/mol. The lowest BCUT2D eigenvalue weighted by Gasteiger charge is -2.07. The number of aryl methyl sites for hydroxylation is 1. The fourth-order valence-corrected chi connectivity index (χ4v) is 2.23. The molecule has 23 heavy (non-hydrogen) atoms. The van der Waals surface area contributed by atoms with Crippen molar-refractivity contribution in [1.29, 1.82) is 0 Å². The van der Waals surface area contributed by atoms with E-state index in [9.17, 15) is 9.59 Å². The molecule has 0 bridgehead atoms. The van der Waals surface area contributed by atoms with Crippen LogP contribution in [0.4, 0.5) is 5.69 Å². The van der Waals surface area contributed by atoms with Gasteiger partial charge < -0.3 is 5.32 Å². The van der Waals surface area contributed by atoms with E-state index in [2.05, 4.69) is 5.32 Å². The van der Waals surface area contributed by atoms with Crippen LogP contribution in [0.25, 0.3) is 0 Å². The van der Waals surface area contributed by atoms with E-state index in [1.807, 2.05) is 60.7 Å². The SMILES string of the molecule is CCC(=O)/C(=C/Nc1ccccc1)C(=O)CCc1ccccc1. The molecule has 0 amide bonds. The summed E-state index contributed by atoms with van der Waals surface area (Å²) in [5.74, 6) is -0.254. The summed E-state index contributed by atoms with van der Waals surface area (Å²) in [6, 6.07) is 19.3. The van der Waals surface area contributed by atoms with Gasteiger partial charge in [-0.3, -0.25) is 9.59 Å². The summed E-state index contributed by atoms with van der Waals surface area (Å²) in [7, 11) is 0. The molecule has 3 nitrogen and oxygen atoms in total. The third-order valence-corrected chi connectivity index (χ3v) is 3.56. The molecule has 3 heteroatoms. The van der Waals surface area contributed by atoms with E-state index in [0.29, 0.717) is 19.3 Å². The van der Waals surface area contributed by atoms with Crippen molar-refractivity contribution in [3.63, 3.8) is 0 Å². The topological polar surface area (TPSA) is 46.2 Å². The largest absolute Gasteiger partial charge is 0.361 e. The molecule has 0 unspecified atom stereocenters. The number of allylic oxidation sites excluding steroid dienone is 1. The molecular formula is C20H21NO2. The average Bonchev–Trinajstić information content (AvgIpc) is 2.61. The van der Waals surface area contributed by atoms with E-state index in [1.165, 1.54) is 6.20 Å². The second-order valence-corrected chi connectivity index (χ2v) is 5.25. The Bertz CT molecular complexity index is 675. The fraction of sp³-hybridized carbons (Fsp3) is 0.200. The third kappa shape index (κ3) is 5.22. The minimum absolute atomic E-state index is 0.121. The molecular weight excluding hydrogens is 286 g/mol. The number of carbonyl (C=O) groups is 2. The standard InChI is InChI=1S/C20H21NO2/c1-2-19(22)18(15-21-17-11-7-4-8-12-17)20(23)14-13-16-9-5-3-6-10-16/h3-12,15,21H,2,13-14H2,1H3/b18-15-. The number of hydrogen-bond acceptors (Lipinski definition) is 3. The number of carbonyl (C=O) groups excluding carboxylic acids is 2. The number of rotatable bonds is 8. The summed E-state index contributed by atoms with van der Waals surface area (Å²) < 4.78 is 0. The zero-order valence-corrected chi connectivity index (χ0v) is 13.3. The Hall–Kier alpha value is -2.68. The molecule has 2 aromatic rings. The highest BCUT2D eigenvalue weighted by atomic mass is 16.1. The van der Waals surface area contributed by atoms with Crippen molar-refractivity contribution < 1.29 is 9.59 Å². The summed E-state index contributed by atoms with van der Waals surface area (Å²) in [5, 5.41) is 3.04. The molecule has 0 fully saturated rings. The Morgan fingerprint density at radius 3 is 2.13 bits per heavy atom. The van der Waals surface area contributed by atoms with Gasteiger partial charge in [0.2, 0.25) is 0 Å². The van der Waals surface area contributed by atoms with Crippen molar-refractivity contribution in [3.8, 4) is 0 Å². The number of nitrogens with one attached hydrogen (secondary N) is 1. The lowest BCUT2D eigenvalue weighted by atomic mass is 9.99. The van der Waals surface area contributed by atoms with Gasteiger partial charge in [0.25, 0.3) is 0 Å². The van der Waals surface area contributed by atoms with Crippen LogP contribution in [-0.4, -0.2) is 11.6 Å². The molecule has 0 aliphatic rings. The summed E-state index contributed by atoms with van der Waals surface area (Å²) >= 11 is 0. The van der Waals surface area contributed by atoms with Crippen molar-refractivity contribution in [3.05, 3.63) is 78.0 Å². The average molecular weight is 307 g/mol. The molecule has 0 aromatic heterocycles. The summed E-state index contributed by atoms with van der Waals surface area (Å²) in [5.41, 5.74) is 2.19. The van der Waals surface area contributed by atoms with Crippen LogP contribution in [0.15, 0.2) is 72.4 Å². The first-order valence-corrected chi connectivity index (χ1v) is 7.82. The number of para-hydroxylation sites is 1. The molecule has 0 saturated heterocycles. The van der Waals surface area contributed by atoms with Crippen molar-refractivity contribution >= 4 is 17.3 Å². The van der Waals surface area contributed by atoms with Crippen molar-refractivity contribution in [2.75, 3.05) is 5.32 Å². The van der Waals surface area contributed by atoms with Crippen LogP contribution in [0.1, 0.15) is 25.3 Å². The monoisotopic (exact) mass is 307 g/mol. The predicted octanol–water partition coefficient (Wildman–Crippen LogP) is 4.16. The normalized spacial score (nSPS) is 11.1. The maximum atomic E-state index is 12.4. The van der Waals surface area contributed by atoms with Gasteiger partial charge in [-0.15, -0.1) is 0 Å². The second kappa shape index (κ2) is 8.69. The second-order valence-electron chi connectivity index (χ2n) is 5.25. The third-order valence-electron chi connectivity index (χ3n) is 3.56. The minimum Gasteiger partial charge on any atom is -0.361 e. The van der Waals surface area contributed by atoms with E-state index in [-0.39, 0.29) is 17.1 Å². The molecule has 0 saturated carbocycles. The van der Waals surface area contributed by atoms with E-state index in [1.54, 1.807) is 6.92 Å². The molecule has 0 atom stereocenters. The van der Waals surface area contributed by atoms with E-state index < -0.39 is 0 Å². The van der Waals surface area contributed by atoms with Gasteiger partial charge in [0, 0.05) is 24.7 Å². The molecule has 0 radical (unpaired) electrons. The van der Waals surface area contributed by atoms with Crippen LogP contribution in [0.2, 0.25) is 0 Å². The van der Waals surface area contributed by atoms with Crippen molar-refractivity contribution in [1.82, 2.24) is 0 Å². The number of ketones is 2. The van der Waals surface area contributed by atoms with Crippen LogP contribution in [-0.2, 0) is 16.0 Å². The van der Waals surface area contributed by atoms with Crippen LogP contribution < -0.4 is 5.32 Å². The molecule has 0 spiro atoms. The van der Waals surface area contributed by atoms with Gasteiger partial charge in [-0.2, -0.15) is 0 Å².